The molecule has 0 radical (unpaired) electrons. The summed E-state index contributed by atoms with van der Waals surface area (Å²) in [6.07, 6.45) is -4.25. The smallest absolute Gasteiger partial charge is 0.416 e. The average molecular weight is 495 g/mol. The van der Waals surface area contributed by atoms with Gasteiger partial charge in [-0.15, -0.1) is 0 Å². The van der Waals surface area contributed by atoms with E-state index in [-0.39, 0.29) is 68.2 Å². The number of guanidine groups is 1. The number of ketones is 1. The highest BCUT2D eigenvalue weighted by Crippen LogP contribution is 2.30. The number of alkyl halides is 3. The lowest BCUT2D eigenvalue weighted by atomic mass is 9.98. The first kappa shape index (κ1) is 29.0. The second-order valence-corrected chi connectivity index (χ2v) is 7.14. The molecular weight excluding hydrogens is 465 g/mol. The van der Waals surface area contributed by atoms with Crippen molar-refractivity contribution >= 4 is 23.5 Å². The van der Waals surface area contributed by atoms with Gasteiger partial charge in [0.25, 0.3) is 0 Å². The molecule has 7 N–H and O–H groups in total. The molecule has 1 heterocycles. The molecule has 0 spiro atoms. The summed E-state index contributed by atoms with van der Waals surface area (Å²) in [4.78, 5) is 24.8. The van der Waals surface area contributed by atoms with E-state index in [4.69, 9.17) is 21.9 Å². The number of aromatic nitrogens is 2. The molecule has 0 aliphatic carbocycles. The van der Waals surface area contributed by atoms with Gasteiger partial charge in [0.15, 0.2) is 23.1 Å². The molecule has 0 unspecified atom stereocenters. The van der Waals surface area contributed by atoms with Gasteiger partial charge in [-0.1, -0.05) is 25.6 Å². The maximum absolute atomic E-state index is 13.1. The van der Waals surface area contributed by atoms with Crippen LogP contribution in [-0.4, -0.2) is 40.9 Å². The Kier molecular flexibility index (Phi) is 10.7. The minimum Gasteiger partial charge on any atom is -0.477 e. The Balaban J connectivity index is 0.00000612. The number of nitrogens with one attached hydrogen (secondary N) is 1. The van der Waals surface area contributed by atoms with Crippen LogP contribution < -0.4 is 27.3 Å². The maximum atomic E-state index is 13.1. The number of anilines is 2. The zero-order valence-corrected chi connectivity index (χ0v) is 18.4. The van der Waals surface area contributed by atoms with Crippen molar-refractivity contribution in [3.63, 3.8) is 0 Å². The number of halogens is 3. The second-order valence-electron chi connectivity index (χ2n) is 7.14. The van der Waals surface area contributed by atoms with Gasteiger partial charge in [-0.2, -0.15) is 28.4 Å². The Morgan fingerprint density at radius 3 is 2.63 bits per heavy atom. The molecule has 2 aromatic rings. The van der Waals surface area contributed by atoms with Gasteiger partial charge in [-0.25, -0.2) is 0 Å². The number of benzene rings is 1. The summed E-state index contributed by atoms with van der Waals surface area (Å²) in [5.74, 6) is -0.804. The van der Waals surface area contributed by atoms with Crippen LogP contribution in [0.5, 0.6) is 5.88 Å². The van der Waals surface area contributed by atoms with Gasteiger partial charge >= 0.3 is 6.18 Å². The molecule has 0 bridgehead atoms. The molecule has 0 fully saturated rings. The molecular formula is C22H29F3N8O2. The third-order valence-corrected chi connectivity index (χ3v) is 4.56. The van der Waals surface area contributed by atoms with E-state index in [0.717, 1.165) is 12.1 Å². The Bertz CT molecular complexity index is 1080. The molecule has 0 saturated carbocycles. The molecule has 10 nitrogen and oxygen atoms in total. The Morgan fingerprint density at radius 1 is 1.31 bits per heavy atom. The van der Waals surface area contributed by atoms with E-state index in [1.54, 1.807) is 6.92 Å². The van der Waals surface area contributed by atoms with Gasteiger partial charge in [0, 0.05) is 13.0 Å². The number of aliphatic imine (C=N–C) groups is 1. The summed E-state index contributed by atoms with van der Waals surface area (Å²) >= 11 is 0. The fraction of sp³-hybridized carbons (Fsp3) is 0.409. The predicted molar refractivity (Wildman–Crippen MR) is 127 cm³/mol. The van der Waals surface area contributed by atoms with Crippen molar-refractivity contribution in [1.82, 2.24) is 9.97 Å². The SMILES string of the molecule is C.CCOc1nc(N)nc(N[C@@H](CCCN=C(N)N)C(=O)Cc2cccc(C(F)(F)F)c2)c1C#N. The number of nitrogens with two attached hydrogens (primary N) is 3. The molecule has 1 aromatic heterocycles. The van der Waals surface area contributed by atoms with Gasteiger partial charge < -0.3 is 27.3 Å². The molecule has 0 aliphatic rings. The lowest BCUT2D eigenvalue weighted by molar-refractivity contribution is -0.137. The van der Waals surface area contributed by atoms with Crippen molar-refractivity contribution in [2.75, 3.05) is 24.2 Å². The number of nitrogens with zero attached hydrogens (tertiary/aromatic N) is 4. The van der Waals surface area contributed by atoms with Crippen LogP contribution in [0.15, 0.2) is 29.3 Å². The minimum atomic E-state index is -4.53. The normalized spacial score (nSPS) is 11.5. The van der Waals surface area contributed by atoms with Crippen LogP contribution in [0.3, 0.4) is 0 Å². The van der Waals surface area contributed by atoms with Gasteiger partial charge in [0.2, 0.25) is 11.8 Å². The first-order chi connectivity index (χ1) is 16.0. The molecule has 0 saturated heterocycles. The Hall–Kier alpha value is -4.08. The standard InChI is InChI=1S/C21H25F3N8O2.CH4/c1-2-34-18-14(11-25)17(31-20(28)32-18)30-15(7-4-8-29-19(26)27)16(33)10-12-5-3-6-13(9-12)21(22,23)24;/h3,5-6,9,15H,2,4,7-8,10H2,1H3,(H4,26,27,29)(H3,28,30,31,32);1H4/t15-;/m0./s1. The van der Waals surface area contributed by atoms with E-state index in [1.165, 1.54) is 12.1 Å². The van der Waals surface area contributed by atoms with Gasteiger partial charge in [0.1, 0.15) is 6.07 Å². The largest absolute Gasteiger partial charge is 0.477 e. The van der Waals surface area contributed by atoms with Crippen molar-refractivity contribution in [3.8, 4) is 11.9 Å². The number of carbonyl (C=O) groups excluding carboxylic acids is 1. The quantitative estimate of drug-likeness (QED) is 0.207. The van der Waals surface area contributed by atoms with Gasteiger partial charge in [-0.3, -0.25) is 9.79 Å². The van der Waals surface area contributed by atoms with E-state index in [2.05, 4.69) is 20.3 Å². The highest BCUT2D eigenvalue weighted by atomic mass is 19.4. The van der Waals surface area contributed by atoms with E-state index in [0.29, 0.717) is 6.42 Å². The van der Waals surface area contributed by atoms with E-state index in [9.17, 15) is 23.2 Å². The van der Waals surface area contributed by atoms with Crippen LogP contribution >= 0.6 is 0 Å². The number of hydrogen-bond acceptors (Lipinski definition) is 8. The first-order valence-electron chi connectivity index (χ1n) is 10.3. The fourth-order valence-corrected chi connectivity index (χ4v) is 3.07. The molecule has 2 rings (SSSR count). The third-order valence-electron chi connectivity index (χ3n) is 4.56. The van der Waals surface area contributed by atoms with Crippen LogP contribution in [0.4, 0.5) is 24.9 Å². The highest BCUT2D eigenvalue weighted by Gasteiger charge is 2.31. The predicted octanol–water partition coefficient (Wildman–Crippen LogP) is 2.63. The number of carbonyl (C=O) groups is 1. The lowest BCUT2D eigenvalue weighted by Gasteiger charge is -2.20. The number of hydrogen-bond donors (Lipinski definition) is 4. The summed E-state index contributed by atoms with van der Waals surface area (Å²) in [7, 11) is 0. The van der Waals surface area contributed by atoms with E-state index in [1.807, 2.05) is 6.07 Å². The Morgan fingerprint density at radius 2 is 2.03 bits per heavy atom. The van der Waals surface area contributed by atoms with Crippen molar-refractivity contribution in [2.45, 2.75) is 45.8 Å². The molecule has 1 aromatic carbocycles. The van der Waals surface area contributed by atoms with Crippen LogP contribution in [0.25, 0.3) is 0 Å². The monoisotopic (exact) mass is 494 g/mol. The summed E-state index contributed by atoms with van der Waals surface area (Å²) in [5.41, 5.74) is 15.6. The van der Waals surface area contributed by atoms with Crippen LogP contribution in [0.2, 0.25) is 0 Å². The Labute approximate surface area is 201 Å². The maximum Gasteiger partial charge on any atom is 0.416 e. The van der Waals surface area contributed by atoms with E-state index < -0.39 is 23.6 Å². The highest BCUT2D eigenvalue weighted by molar-refractivity contribution is 5.88. The average Bonchev–Trinajstić information content (AvgIpc) is 2.75. The second kappa shape index (κ2) is 13.0. The summed E-state index contributed by atoms with van der Waals surface area (Å²) in [6.45, 7) is 2.12. The van der Waals surface area contributed by atoms with Gasteiger partial charge in [0.05, 0.1) is 18.2 Å². The number of ether oxygens (including phenoxy) is 1. The topological polar surface area (TPSA) is 178 Å². The molecule has 35 heavy (non-hydrogen) atoms. The summed E-state index contributed by atoms with van der Waals surface area (Å²) in [6, 6.07) is 5.50. The fourth-order valence-electron chi connectivity index (χ4n) is 3.07. The summed E-state index contributed by atoms with van der Waals surface area (Å²) in [5, 5.41) is 12.4. The number of Topliss-reactive ketones (excluding diaryl/α,β-unsaturated/α-hetero) is 1. The van der Waals surface area contributed by atoms with Gasteiger partial charge in [-0.05, 0) is 31.4 Å². The first-order valence-corrected chi connectivity index (χ1v) is 10.3. The van der Waals surface area contributed by atoms with Crippen LogP contribution in [0.1, 0.15) is 43.9 Å². The third kappa shape index (κ3) is 8.65. The van der Waals surface area contributed by atoms with Crippen molar-refractivity contribution in [1.29, 1.82) is 5.26 Å². The van der Waals surface area contributed by atoms with Crippen LogP contribution in [0, 0.1) is 11.3 Å². The minimum absolute atomic E-state index is 0. The van der Waals surface area contributed by atoms with Crippen LogP contribution in [-0.2, 0) is 17.4 Å². The zero-order valence-electron chi connectivity index (χ0n) is 18.4. The van der Waals surface area contributed by atoms with E-state index >= 15 is 0 Å². The lowest BCUT2D eigenvalue weighted by Crippen LogP contribution is -2.32. The number of nitrogen functional groups attached to an aromatic ring is 1. The number of rotatable bonds is 11. The molecule has 13 heteroatoms. The van der Waals surface area contributed by atoms with Crippen molar-refractivity contribution in [2.24, 2.45) is 16.5 Å². The number of nitriles is 1. The molecule has 1 atom stereocenters. The molecule has 0 aliphatic heterocycles. The van der Waals surface area contributed by atoms with Crippen molar-refractivity contribution < 1.29 is 22.7 Å². The molecule has 0 amide bonds. The van der Waals surface area contributed by atoms with Crippen molar-refractivity contribution in [3.05, 3.63) is 41.0 Å². The summed E-state index contributed by atoms with van der Waals surface area (Å²) < 4.78 is 44.5. The zero-order chi connectivity index (χ0) is 25.3. The molecule has 190 valence electrons.